The van der Waals surface area contributed by atoms with E-state index in [1.807, 2.05) is 11.3 Å². The zero-order valence-corrected chi connectivity index (χ0v) is 13.8. The van der Waals surface area contributed by atoms with E-state index in [2.05, 4.69) is 53.7 Å². The van der Waals surface area contributed by atoms with Crippen molar-refractivity contribution in [3.63, 3.8) is 0 Å². The van der Waals surface area contributed by atoms with E-state index < -0.39 is 0 Å². The van der Waals surface area contributed by atoms with Gasteiger partial charge in [-0.2, -0.15) is 0 Å². The minimum absolute atomic E-state index is 0.164. The van der Waals surface area contributed by atoms with E-state index in [1.54, 1.807) is 0 Å². The van der Waals surface area contributed by atoms with E-state index in [9.17, 15) is 0 Å². The van der Waals surface area contributed by atoms with Crippen molar-refractivity contribution in [2.75, 3.05) is 6.54 Å². The molecule has 0 spiro atoms. The van der Waals surface area contributed by atoms with Gasteiger partial charge >= 0.3 is 0 Å². The maximum atomic E-state index is 6.26. The molecule has 0 aliphatic heterocycles. The molecule has 2 rings (SSSR count). The Morgan fingerprint density at radius 3 is 2.44 bits per heavy atom. The lowest BCUT2D eigenvalue weighted by atomic mass is 10.0. The standard InChI is InChI=1S/C14H23BrN2S/c1-9(2)17(8-11-4-5-11)14(10(3)16)12-6-7-13(15)18-12/h6-7,9-11,14H,4-5,8,16H2,1-3H3. The summed E-state index contributed by atoms with van der Waals surface area (Å²) in [6.45, 7) is 7.88. The maximum absolute atomic E-state index is 6.26. The van der Waals surface area contributed by atoms with Gasteiger partial charge in [-0.25, -0.2) is 0 Å². The molecule has 1 saturated carbocycles. The summed E-state index contributed by atoms with van der Waals surface area (Å²) in [7, 11) is 0. The van der Waals surface area contributed by atoms with Gasteiger partial charge in [0.1, 0.15) is 0 Å². The molecule has 1 aliphatic rings. The lowest BCUT2D eigenvalue weighted by Crippen LogP contribution is -2.43. The molecule has 18 heavy (non-hydrogen) atoms. The van der Waals surface area contributed by atoms with Gasteiger partial charge in [-0.05, 0) is 67.6 Å². The van der Waals surface area contributed by atoms with Crippen LogP contribution in [-0.4, -0.2) is 23.5 Å². The molecule has 2 unspecified atom stereocenters. The van der Waals surface area contributed by atoms with Crippen molar-refractivity contribution in [1.82, 2.24) is 4.90 Å². The monoisotopic (exact) mass is 330 g/mol. The molecule has 1 aliphatic carbocycles. The molecule has 1 heterocycles. The molecule has 0 bridgehead atoms. The molecule has 1 fully saturated rings. The van der Waals surface area contributed by atoms with Gasteiger partial charge < -0.3 is 5.73 Å². The number of thiophene rings is 1. The van der Waals surface area contributed by atoms with Crippen molar-refractivity contribution in [2.45, 2.75) is 51.7 Å². The van der Waals surface area contributed by atoms with Crippen LogP contribution in [0.2, 0.25) is 0 Å². The fourth-order valence-corrected chi connectivity index (χ4v) is 4.12. The van der Waals surface area contributed by atoms with Crippen LogP contribution in [0.4, 0.5) is 0 Å². The summed E-state index contributed by atoms with van der Waals surface area (Å²) >= 11 is 5.37. The molecule has 0 radical (unpaired) electrons. The molecule has 0 amide bonds. The number of rotatable bonds is 6. The van der Waals surface area contributed by atoms with Gasteiger partial charge in [-0.1, -0.05) is 0 Å². The first kappa shape index (κ1) is 14.5. The number of hydrogen-bond donors (Lipinski definition) is 1. The van der Waals surface area contributed by atoms with Crippen molar-refractivity contribution >= 4 is 27.3 Å². The first-order valence-corrected chi connectivity index (χ1v) is 8.36. The second kappa shape index (κ2) is 6.04. The van der Waals surface area contributed by atoms with Crippen LogP contribution < -0.4 is 5.73 Å². The molecule has 2 N–H and O–H groups in total. The highest BCUT2D eigenvalue weighted by atomic mass is 79.9. The van der Waals surface area contributed by atoms with Crippen LogP contribution in [-0.2, 0) is 0 Å². The molecule has 4 heteroatoms. The predicted molar refractivity (Wildman–Crippen MR) is 83.0 cm³/mol. The lowest BCUT2D eigenvalue weighted by molar-refractivity contribution is 0.131. The molecule has 1 aromatic heterocycles. The van der Waals surface area contributed by atoms with Crippen LogP contribution in [0.15, 0.2) is 15.9 Å². The highest BCUT2D eigenvalue weighted by molar-refractivity contribution is 9.11. The Labute approximate surface area is 123 Å². The zero-order valence-electron chi connectivity index (χ0n) is 11.4. The van der Waals surface area contributed by atoms with Crippen LogP contribution in [0.25, 0.3) is 0 Å². The van der Waals surface area contributed by atoms with E-state index >= 15 is 0 Å². The zero-order chi connectivity index (χ0) is 13.3. The second-order valence-electron chi connectivity index (χ2n) is 5.68. The second-order valence-corrected chi connectivity index (χ2v) is 8.17. The van der Waals surface area contributed by atoms with Crippen molar-refractivity contribution in [2.24, 2.45) is 11.7 Å². The van der Waals surface area contributed by atoms with E-state index in [0.717, 1.165) is 5.92 Å². The number of halogens is 1. The van der Waals surface area contributed by atoms with Crippen LogP contribution in [0, 0.1) is 5.92 Å². The number of nitrogens with zero attached hydrogens (tertiary/aromatic N) is 1. The molecule has 1 aromatic rings. The summed E-state index contributed by atoms with van der Waals surface area (Å²) in [4.78, 5) is 3.96. The fourth-order valence-electron chi connectivity index (χ4n) is 2.46. The third-order valence-electron chi connectivity index (χ3n) is 3.57. The van der Waals surface area contributed by atoms with Crippen molar-refractivity contribution in [3.05, 3.63) is 20.8 Å². The summed E-state index contributed by atoms with van der Waals surface area (Å²) in [5.41, 5.74) is 6.26. The van der Waals surface area contributed by atoms with Gasteiger partial charge in [0.05, 0.1) is 9.83 Å². The normalized spacial score (nSPS) is 19.5. The molecule has 2 atom stereocenters. The molecular formula is C14H23BrN2S. The van der Waals surface area contributed by atoms with Crippen LogP contribution in [0.3, 0.4) is 0 Å². The average molecular weight is 331 g/mol. The van der Waals surface area contributed by atoms with Crippen molar-refractivity contribution in [1.29, 1.82) is 0 Å². The Hall–Kier alpha value is 0.1000. The topological polar surface area (TPSA) is 29.3 Å². The predicted octanol–water partition coefficient (Wildman–Crippen LogP) is 4.02. The van der Waals surface area contributed by atoms with Crippen LogP contribution >= 0.6 is 27.3 Å². The van der Waals surface area contributed by atoms with Gasteiger partial charge in [-0.3, -0.25) is 4.90 Å². The Morgan fingerprint density at radius 2 is 2.06 bits per heavy atom. The number of nitrogens with two attached hydrogens (primary N) is 1. The summed E-state index contributed by atoms with van der Waals surface area (Å²) < 4.78 is 1.19. The summed E-state index contributed by atoms with van der Waals surface area (Å²) in [6.07, 6.45) is 2.78. The van der Waals surface area contributed by atoms with E-state index in [1.165, 1.54) is 28.0 Å². The van der Waals surface area contributed by atoms with Crippen LogP contribution in [0.5, 0.6) is 0 Å². The minimum atomic E-state index is 0.164. The molecule has 0 aromatic carbocycles. The molecular weight excluding hydrogens is 308 g/mol. The van der Waals surface area contributed by atoms with E-state index in [4.69, 9.17) is 5.73 Å². The Morgan fingerprint density at radius 1 is 1.39 bits per heavy atom. The highest BCUT2D eigenvalue weighted by Gasteiger charge is 2.32. The Balaban J connectivity index is 2.20. The summed E-state index contributed by atoms with van der Waals surface area (Å²) in [5, 5.41) is 0. The van der Waals surface area contributed by atoms with Crippen LogP contribution in [0.1, 0.15) is 44.5 Å². The summed E-state index contributed by atoms with van der Waals surface area (Å²) in [5.74, 6) is 0.900. The number of hydrogen-bond acceptors (Lipinski definition) is 3. The van der Waals surface area contributed by atoms with Gasteiger partial charge in [0.15, 0.2) is 0 Å². The van der Waals surface area contributed by atoms with E-state index in [0.29, 0.717) is 12.1 Å². The Kier molecular flexibility index (Phi) is 4.86. The third kappa shape index (κ3) is 3.56. The van der Waals surface area contributed by atoms with Gasteiger partial charge in [0, 0.05) is 23.5 Å². The van der Waals surface area contributed by atoms with Crippen molar-refractivity contribution in [3.8, 4) is 0 Å². The summed E-state index contributed by atoms with van der Waals surface area (Å²) in [6, 6.07) is 5.40. The lowest BCUT2D eigenvalue weighted by Gasteiger charge is -2.37. The molecule has 2 nitrogen and oxygen atoms in total. The van der Waals surface area contributed by atoms with Gasteiger partial charge in [0.2, 0.25) is 0 Å². The van der Waals surface area contributed by atoms with Gasteiger partial charge in [-0.15, -0.1) is 11.3 Å². The van der Waals surface area contributed by atoms with Gasteiger partial charge in [0.25, 0.3) is 0 Å². The highest BCUT2D eigenvalue weighted by Crippen LogP contribution is 2.37. The maximum Gasteiger partial charge on any atom is 0.0702 e. The Bertz CT molecular complexity index is 385. The molecule has 0 saturated heterocycles. The van der Waals surface area contributed by atoms with E-state index in [-0.39, 0.29) is 6.04 Å². The molecule has 102 valence electrons. The van der Waals surface area contributed by atoms with Crippen molar-refractivity contribution < 1.29 is 0 Å². The fraction of sp³-hybridized carbons (Fsp3) is 0.714. The average Bonchev–Trinajstić information content (AvgIpc) is 2.99. The largest absolute Gasteiger partial charge is 0.326 e. The first-order chi connectivity index (χ1) is 8.49. The quantitative estimate of drug-likeness (QED) is 0.853. The third-order valence-corrected chi connectivity index (χ3v) is 5.26. The first-order valence-electron chi connectivity index (χ1n) is 6.75. The minimum Gasteiger partial charge on any atom is -0.326 e. The SMILES string of the molecule is CC(N)C(c1ccc(Br)s1)N(CC1CC1)C(C)C. The smallest absolute Gasteiger partial charge is 0.0702 e.